The first kappa shape index (κ1) is 14.6. The van der Waals surface area contributed by atoms with Gasteiger partial charge in [0.1, 0.15) is 22.7 Å². The SMILES string of the molecule is Cc1oc(=O)c2c(c1C)OC1(C2)C(C)(C)CCCC1(C)O. The van der Waals surface area contributed by atoms with Gasteiger partial charge in [0.05, 0.1) is 5.56 Å². The van der Waals surface area contributed by atoms with Gasteiger partial charge < -0.3 is 14.3 Å². The Kier molecular flexibility index (Phi) is 2.88. The molecule has 0 saturated heterocycles. The summed E-state index contributed by atoms with van der Waals surface area (Å²) in [7, 11) is 0. The van der Waals surface area contributed by atoms with Crippen LogP contribution in [-0.2, 0) is 6.42 Å². The molecule has 1 aromatic heterocycles. The van der Waals surface area contributed by atoms with E-state index in [4.69, 9.17) is 9.15 Å². The number of hydrogen-bond donors (Lipinski definition) is 1. The molecule has 1 aliphatic heterocycles. The van der Waals surface area contributed by atoms with Crippen molar-refractivity contribution < 1.29 is 14.3 Å². The Bertz CT molecular complexity index is 635. The lowest BCUT2D eigenvalue weighted by molar-refractivity contribution is -0.197. The molecule has 1 N–H and O–H groups in total. The molecule has 2 heterocycles. The molecule has 4 heteroatoms. The van der Waals surface area contributed by atoms with Crippen LogP contribution >= 0.6 is 0 Å². The summed E-state index contributed by atoms with van der Waals surface area (Å²) in [5.74, 6) is 1.21. The third kappa shape index (κ3) is 1.75. The van der Waals surface area contributed by atoms with Gasteiger partial charge in [-0.25, -0.2) is 4.79 Å². The van der Waals surface area contributed by atoms with Crippen LogP contribution in [-0.4, -0.2) is 16.3 Å². The maximum Gasteiger partial charge on any atom is 0.343 e. The van der Waals surface area contributed by atoms with Crippen LogP contribution in [0.15, 0.2) is 9.21 Å². The fraction of sp³-hybridized carbons (Fsp3) is 0.706. The van der Waals surface area contributed by atoms with E-state index in [1.54, 1.807) is 6.92 Å². The van der Waals surface area contributed by atoms with Crippen LogP contribution in [0, 0.1) is 19.3 Å². The van der Waals surface area contributed by atoms with Crippen molar-refractivity contribution in [3.05, 3.63) is 27.3 Å². The molecular weight excluding hydrogens is 268 g/mol. The van der Waals surface area contributed by atoms with E-state index >= 15 is 0 Å². The van der Waals surface area contributed by atoms with Crippen LogP contribution < -0.4 is 10.4 Å². The summed E-state index contributed by atoms with van der Waals surface area (Å²) in [5.41, 5.74) is -0.816. The second kappa shape index (κ2) is 4.13. The van der Waals surface area contributed by atoms with Gasteiger partial charge in [-0.1, -0.05) is 13.8 Å². The van der Waals surface area contributed by atoms with E-state index in [1.807, 2.05) is 13.8 Å². The minimum Gasteiger partial charge on any atom is -0.482 e. The molecule has 0 aromatic carbocycles. The quantitative estimate of drug-likeness (QED) is 0.798. The summed E-state index contributed by atoms with van der Waals surface area (Å²) in [6.07, 6.45) is 3.05. The number of aryl methyl sites for hydroxylation is 1. The lowest BCUT2D eigenvalue weighted by Gasteiger charge is -2.55. The van der Waals surface area contributed by atoms with Crippen LogP contribution in [0.4, 0.5) is 0 Å². The van der Waals surface area contributed by atoms with Gasteiger partial charge in [-0.05, 0) is 40.0 Å². The molecule has 0 radical (unpaired) electrons. The van der Waals surface area contributed by atoms with Crippen LogP contribution in [0.1, 0.15) is 56.9 Å². The highest BCUT2D eigenvalue weighted by molar-refractivity contribution is 5.46. The largest absolute Gasteiger partial charge is 0.482 e. The molecule has 3 rings (SSSR count). The van der Waals surface area contributed by atoms with Crippen molar-refractivity contribution in [3.8, 4) is 5.75 Å². The van der Waals surface area contributed by atoms with Crippen molar-refractivity contribution >= 4 is 0 Å². The molecule has 116 valence electrons. The van der Waals surface area contributed by atoms with Gasteiger partial charge in [-0.3, -0.25) is 0 Å². The van der Waals surface area contributed by atoms with E-state index < -0.39 is 11.2 Å². The van der Waals surface area contributed by atoms with Gasteiger partial charge in [0.15, 0.2) is 0 Å². The van der Waals surface area contributed by atoms with E-state index in [-0.39, 0.29) is 11.0 Å². The molecule has 21 heavy (non-hydrogen) atoms. The molecule has 0 amide bonds. The van der Waals surface area contributed by atoms with Crippen molar-refractivity contribution in [3.63, 3.8) is 0 Å². The normalized spacial score (nSPS) is 33.8. The standard InChI is InChI=1S/C17H24O4/c1-10-11(2)20-14(18)12-9-17(21-13(10)12)15(3,4)7-6-8-16(17,5)19/h19H,6-9H2,1-5H3. The predicted molar refractivity (Wildman–Crippen MR) is 79.8 cm³/mol. The average molecular weight is 292 g/mol. The Morgan fingerprint density at radius 1 is 1.14 bits per heavy atom. The Morgan fingerprint density at radius 3 is 2.43 bits per heavy atom. The molecule has 0 bridgehead atoms. The first-order valence-electron chi connectivity index (χ1n) is 7.66. The molecule has 4 nitrogen and oxygen atoms in total. The van der Waals surface area contributed by atoms with Crippen LogP contribution in [0.2, 0.25) is 0 Å². The van der Waals surface area contributed by atoms with Gasteiger partial charge in [0.2, 0.25) is 0 Å². The zero-order chi connectivity index (χ0) is 15.6. The summed E-state index contributed by atoms with van der Waals surface area (Å²) in [4.78, 5) is 12.2. The molecular formula is C17H24O4. The van der Waals surface area contributed by atoms with Crippen molar-refractivity contribution in [2.75, 3.05) is 0 Å². The van der Waals surface area contributed by atoms with Crippen LogP contribution in [0.5, 0.6) is 5.75 Å². The second-order valence-electron chi connectivity index (χ2n) is 7.50. The zero-order valence-corrected chi connectivity index (χ0v) is 13.5. The Morgan fingerprint density at radius 2 is 1.81 bits per heavy atom. The smallest absolute Gasteiger partial charge is 0.343 e. The highest BCUT2D eigenvalue weighted by Crippen LogP contribution is 2.56. The molecule has 1 fully saturated rings. The molecule has 1 aliphatic carbocycles. The highest BCUT2D eigenvalue weighted by Gasteiger charge is 2.64. The van der Waals surface area contributed by atoms with E-state index in [9.17, 15) is 9.90 Å². The molecule has 1 saturated carbocycles. The number of hydrogen-bond acceptors (Lipinski definition) is 4. The third-order valence-corrected chi connectivity index (χ3v) is 5.77. The Labute approximate surface area is 125 Å². The van der Waals surface area contributed by atoms with E-state index in [1.165, 1.54) is 0 Å². The molecule has 1 aromatic rings. The maximum absolute atomic E-state index is 12.2. The van der Waals surface area contributed by atoms with Gasteiger partial charge in [-0.15, -0.1) is 0 Å². The van der Waals surface area contributed by atoms with Crippen molar-refractivity contribution in [2.24, 2.45) is 5.41 Å². The van der Waals surface area contributed by atoms with Crippen molar-refractivity contribution in [1.82, 2.24) is 0 Å². The monoisotopic (exact) mass is 292 g/mol. The fourth-order valence-corrected chi connectivity index (χ4v) is 4.19. The summed E-state index contributed by atoms with van der Waals surface area (Å²) in [5, 5.41) is 11.0. The minimum atomic E-state index is -0.958. The average Bonchev–Trinajstić information content (AvgIpc) is 2.77. The Hall–Kier alpha value is -1.29. The zero-order valence-electron chi connectivity index (χ0n) is 13.5. The third-order valence-electron chi connectivity index (χ3n) is 5.77. The Balaban J connectivity index is 2.20. The molecule has 2 atom stereocenters. The topological polar surface area (TPSA) is 59.7 Å². The number of fused-ring (bicyclic) bond motifs is 1. The first-order valence-corrected chi connectivity index (χ1v) is 7.66. The molecule has 1 spiro atoms. The van der Waals surface area contributed by atoms with Gasteiger partial charge in [0, 0.05) is 17.4 Å². The van der Waals surface area contributed by atoms with Crippen molar-refractivity contribution in [1.29, 1.82) is 0 Å². The van der Waals surface area contributed by atoms with Crippen LogP contribution in [0.3, 0.4) is 0 Å². The lowest BCUT2D eigenvalue weighted by atomic mass is 9.57. The molecule has 2 unspecified atom stereocenters. The lowest BCUT2D eigenvalue weighted by Crippen LogP contribution is -2.66. The summed E-state index contributed by atoms with van der Waals surface area (Å²) in [6, 6.07) is 0. The highest BCUT2D eigenvalue weighted by atomic mass is 16.5. The maximum atomic E-state index is 12.2. The van der Waals surface area contributed by atoms with Gasteiger partial charge >= 0.3 is 5.63 Å². The number of aliphatic hydroxyl groups is 1. The first-order chi connectivity index (χ1) is 9.61. The van der Waals surface area contributed by atoms with Gasteiger partial charge in [0.25, 0.3) is 0 Å². The van der Waals surface area contributed by atoms with Crippen molar-refractivity contribution in [2.45, 2.75) is 71.5 Å². The number of ether oxygens (including phenoxy) is 1. The second-order valence-corrected chi connectivity index (χ2v) is 7.50. The summed E-state index contributed by atoms with van der Waals surface area (Å²) >= 11 is 0. The number of rotatable bonds is 0. The predicted octanol–water partition coefficient (Wildman–Crippen LogP) is 2.89. The molecule has 2 aliphatic rings. The van der Waals surface area contributed by atoms with Crippen LogP contribution in [0.25, 0.3) is 0 Å². The summed E-state index contributed by atoms with van der Waals surface area (Å²) in [6.45, 7) is 9.76. The fourth-order valence-electron chi connectivity index (χ4n) is 4.19. The van der Waals surface area contributed by atoms with E-state index in [0.717, 1.165) is 18.4 Å². The summed E-state index contributed by atoms with van der Waals surface area (Å²) < 4.78 is 11.7. The van der Waals surface area contributed by atoms with E-state index in [2.05, 4.69) is 13.8 Å². The minimum absolute atomic E-state index is 0.208. The van der Waals surface area contributed by atoms with Gasteiger partial charge in [-0.2, -0.15) is 0 Å². The van der Waals surface area contributed by atoms with E-state index in [0.29, 0.717) is 29.9 Å².